The van der Waals surface area contributed by atoms with Crippen LogP contribution in [0.25, 0.3) is 0 Å². The predicted molar refractivity (Wildman–Crippen MR) is 103 cm³/mol. The smallest absolute Gasteiger partial charge is 0.220 e. The zero-order valence-electron chi connectivity index (χ0n) is 17.9. The normalized spacial score (nSPS) is 15.8. The monoisotopic (exact) mass is 339 g/mol. The Kier molecular flexibility index (Phi) is 7.73. The number of carbonyl (C=O) groups is 2. The average Bonchev–Trinajstić information content (AvgIpc) is 2.32. The van der Waals surface area contributed by atoms with Crippen LogP contribution in [0.5, 0.6) is 0 Å². The topological polar surface area (TPSA) is 46.2 Å². The second-order valence-corrected chi connectivity index (χ2v) is 10.6. The maximum Gasteiger partial charge on any atom is 0.220 e. The first kappa shape index (κ1) is 23.1. The summed E-state index contributed by atoms with van der Waals surface area (Å²) in [7, 11) is 0. The van der Waals surface area contributed by atoms with Crippen molar-refractivity contribution in [3.8, 4) is 0 Å². The van der Waals surface area contributed by atoms with Gasteiger partial charge in [-0.05, 0) is 42.4 Å². The second-order valence-electron chi connectivity index (χ2n) is 10.6. The second kappa shape index (κ2) is 8.01. The lowest BCUT2D eigenvalue weighted by molar-refractivity contribution is -0.126. The first-order chi connectivity index (χ1) is 10.5. The van der Waals surface area contributed by atoms with Crippen LogP contribution < -0.4 is 5.32 Å². The van der Waals surface area contributed by atoms with Crippen molar-refractivity contribution in [3.05, 3.63) is 0 Å². The van der Waals surface area contributed by atoms with Crippen molar-refractivity contribution in [2.75, 3.05) is 6.54 Å². The number of carbonyl (C=O) groups excluding carboxylic acids is 2. The SMILES string of the molecule is CCC(C)(CNC(=O)CC(C)(C)CC(C)(C)C)CC(C)(C)C(C)=O. The molecule has 0 bridgehead atoms. The molecule has 0 aliphatic carbocycles. The molecule has 0 radical (unpaired) electrons. The number of Topliss-reactive ketones (excluding diaryl/α,β-unsaturated/α-hetero) is 1. The van der Waals surface area contributed by atoms with E-state index in [1.807, 2.05) is 13.8 Å². The van der Waals surface area contributed by atoms with Gasteiger partial charge in [-0.1, -0.05) is 62.3 Å². The van der Waals surface area contributed by atoms with Crippen LogP contribution in [0, 0.1) is 21.7 Å². The van der Waals surface area contributed by atoms with Crippen LogP contribution in [0.4, 0.5) is 0 Å². The highest BCUT2D eigenvalue weighted by molar-refractivity contribution is 5.81. The van der Waals surface area contributed by atoms with Gasteiger partial charge in [0.25, 0.3) is 0 Å². The van der Waals surface area contributed by atoms with Gasteiger partial charge in [0.15, 0.2) is 0 Å². The lowest BCUT2D eigenvalue weighted by atomic mass is 9.70. The fraction of sp³-hybridized carbons (Fsp3) is 0.905. The van der Waals surface area contributed by atoms with Gasteiger partial charge in [0.1, 0.15) is 5.78 Å². The third-order valence-electron chi connectivity index (χ3n) is 5.04. The molecule has 0 aliphatic rings. The molecule has 24 heavy (non-hydrogen) atoms. The number of ketones is 1. The van der Waals surface area contributed by atoms with Crippen LogP contribution in [0.15, 0.2) is 0 Å². The number of amides is 1. The zero-order valence-corrected chi connectivity index (χ0v) is 17.9. The van der Waals surface area contributed by atoms with E-state index < -0.39 is 0 Å². The largest absolute Gasteiger partial charge is 0.356 e. The fourth-order valence-electron chi connectivity index (χ4n) is 3.81. The summed E-state index contributed by atoms with van der Waals surface area (Å²) in [6, 6.07) is 0. The molecule has 1 unspecified atom stereocenters. The molecule has 0 rings (SSSR count). The zero-order chi connectivity index (χ0) is 19.4. The summed E-state index contributed by atoms with van der Waals surface area (Å²) in [5.74, 6) is 0.323. The van der Waals surface area contributed by atoms with E-state index in [0.29, 0.717) is 13.0 Å². The fourth-order valence-corrected chi connectivity index (χ4v) is 3.81. The molecule has 1 N–H and O–H groups in total. The van der Waals surface area contributed by atoms with Crippen molar-refractivity contribution in [2.45, 2.75) is 94.9 Å². The number of rotatable bonds is 9. The van der Waals surface area contributed by atoms with Crippen molar-refractivity contribution in [1.82, 2.24) is 5.32 Å². The highest BCUT2D eigenvalue weighted by atomic mass is 16.1. The standard InChI is InChI=1S/C21H41NO2/c1-11-21(10,14-20(8,9)16(2)23)15-22-17(24)12-19(6,7)13-18(3,4)5/h11-15H2,1-10H3,(H,22,24). The molecule has 142 valence electrons. The molecule has 0 aromatic heterocycles. The van der Waals surface area contributed by atoms with Crippen molar-refractivity contribution in [3.63, 3.8) is 0 Å². The van der Waals surface area contributed by atoms with Crippen LogP contribution in [0.2, 0.25) is 0 Å². The third kappa shape index (κ3) is 8.84. The molecule has 0 aromatic rings. The average molecular weight is 340 g/mol. The Morgan fingerprint density at radius 3 is 1.75 bits per heavy atom. The Bertz CT molecular complexity index is 443. The number of hydrogen-bond donors (Lipinski definition) is 1. The number of nitrogens with one attached hydrogen (secondary N) is 1. The first-order valence-corrected chi connectivity index (χ1v) is 9.30. The Balaban J connectivity index is 4.73. The van der Waals surface area contributed by atoms with E-state index in [-0.39, 0.29) is 33.4 Å². The molecule has 3 nitrogen and oxygen atoms in total. The van der Waals surface area contributed by atoms with E-state index in [1.54, 1.807) is 6.92 Å². The molecule has 0 spiro atoms. The van der Waals surface area contributed by atoms with E-state index in [2.05, 4.69) is 53.8 Å². The van der Waals surface area contributed by atoms with E-state index in [9.17, 15) is 9.59 Å². The molecule has 0 aromatic carbocycles. The maximum atomic E-state index is 12.4. The summed E-state index contributed by atoms with van der Waals surface area (Å²) >= 11 is 0. The summed E-state index contributed by atoms with van der Waals surface area (Å²) in [5.41, 5.74) is -0.198. The minimum absolute atomic E-state index is 0.0103. The maximum absolute atomic E-state index is 12.4. The van der Waals surface area contributed by atoms with E-state index in [4.69, 9.17) is 0 Å². The van der Waals surface area contributed by atoms with Gasteiger partial charge >= 0.3 is 0 Å². The van der Waals surface area contributed by atoms with Gasteiger partial charge in [-0.3, -0.25) is 9.59 Å². The van der Waals surface area contributed by atoms with Crippen LogP contribution in [0.3, 0.4) is 0 Å². The first-order valence-electron chi connectivity index (χ1n) is 9.30. The summed E-state index contributed by atoms with van der Waals surface area (Å²) in [5, 5.41) is 3.13. The molecule has 0 saturated carbocycles. The van der Waals surface area contributed by atoms with Gasteiger partial charge < -0.3 is 5.32 Å². The lowest BCUT2D eigenvalue weighted by Gasteiger charge is -2.36. The summed E-state index contributed by atoms with van der Waals surface area (Å²) in [6.07, 6.45) is 3.28. The van der Waals surface area contributed by atoms with Gasteiger partial charge in [-0.2, -0.15) is 0 Å². The molecule has 1 atom stereocenters. The summed E-state index contributed by atoms with van der Waals surface area (Å²) in [6.45, 7) is 21.5. The van der Waals surface area contributed by atoms with Gasteiger partial charge in [0.05, 0.1) is 0 Å². The van der Waals surface area contributed by atoms with Crippen molar-refractivity contribution in [2.24, 2.45) is 21.7 Å². The molecular formula is C21H41NO2. The highest BCUT2D eigenvalue weighted by Gasteiger charge is 2.35. The Morgan fingerprint density at radius 1 is 0.875 bits per heavy atom. The van der Waals surface area contributed by atoms with Crippen LogP contribution in [-0.2, 0) is 9.59 Å². The minimum Gasteiger partial charge on any atom is -0.356 e. The van der Waals surface area contributed by atoms with Gasteiger partial charge in [0, 0.05) is 18.4 Å². The molecule has 0 heterocycles. The predicted octanol–water partition coefficient (Wildman–Crippen LogP) is 5.38. The number of hydrogen-bond acceptors (Lipinski definition) is 2. The van der Waals surface area contributed by atoms with Gasteiger partial charge in [0.2, 0.25) is 5.91 Å². The van der Waals surface area contributed by atoms with Gasteiger partial charge in [-0.25, -0.2) is 0 Å². The summed E-state index contributed by atoms with van der Waals surface area (Å²) < 4.78 is 0. The van der Waals surface area contributed by atoms with E-state index in [1.165, 1.54) is 0 Å². The van der Waals surface area contributed by atoms with Crippen molar-refractivity contribution >= 4 is 11.7 Å². The van der Waals surface area contributed by atoms with Crippen LogP contribution >= 0.6 is 0 Å². The molecule has 0 aliphatic heterocycles. The lowest BCUT2D eigenvalue weighted by Crippen LogP contribution is -2.41. The quantitative estimate of drug-likeness (QED) is 0.613. The van der Waals surface area contributed by atoms with E-state index in [0.717, 1.165) is 19.3 Å². The molecule has 0 fully saturated rings. The molecular weight excluding hydrogens is 298 g/mol. The van der Waals surface area contributed by atoms with E-state index >= 15 is 0 Å². The Hall–Kier alpha value is -0.860. The molecule has 3 heteroatoms. The Morgan fingerprint density at radius 2 is 1.38 bits per heavy atom. The molecule has 1 amide bonds. The van der Waals surface area contributed by atoms with Crippen LogP contribution in [-0.4, -0.2) is 18.2 Å². The Labute approximate surface area is 150 Å². The molecule has 0 saturated heterocycles. The highest BCUT2D eigenvalue weighted by Crippen LogP contribution is 2.38. The summed E-state index contributed by atoms with van der Waals surface area (Å²) in [4.78, 5) is 24.3. The van der Waals surface area contributed by atoms with Crippen molar-refractivity contribution < 1.29 is 9.59 Å². The minimum atomic E-state index is -0.346. The third-order valence-corrected chi connectivity index (χ3v) is 5.04. The van der Waals surface area contributed by atoms with Crippen LogP contribution in [0.1, 0.15) is 94.9 Å². The van der Waals surface area contributed by atoms with Gasteiger partial charge in [-0.15, -0.1) is 0 Å². The van der Waals surface area contributed by atoms with Crippen molar-refractivity contribution in [1.29, 1.82) is 0 Å².